The van der Waals surface area contributed by atoms with E-state index in [9.17, 15) is 4.79 Å². The van der Waals surface area contributed by atoms with E-state index < -0.39 is 0 Å². The fraction of sp³-hybridized carbons (Fsp3) is 0.444. The third-order valence-electron chi connectivity index (χ3n) is 5.27. The number of hydrogen-bond donors (Lipinski definition) is 1. The van der Waals surface area contributed by atoms with Crippen LogP contribution in [0.3, 0.4) is 0 Å². The number of aryl methyl sites for hydroxylation is 1. The van der Waals surface area contributed by atoms with Crippen molar-refractivity contribution in [3.63, 3.8) is 0 Å². The highest BCUT2D eigenvalue weighted by Crippen LogP contribution is 2.24. The fourth-order valence-electron chi connectivity index (χ4n) is 3.92. The number of imidazole rings is 1. The molecule has 5 rings (SSSR count). The summed E-state index contributed by atoms with van der Waals surface area (Å²) in [7, 11) is 1.99. The number of carbonyl (C=O) groups is 1. The molecule has 1 aromatic carbocycles. The third-order valence-corrected chi connectivity index (χ3v) is 6.19. The minimum Gasteiger partial charge on any atom is -0.353 e. The van der Waals surface area contributed by atoms with Gasteiger partial charge in [0.15, 0.2) is 0 Å². The van der Waals surface area contributed by atoms with Gasteiger partial charge in [-0.3, -0.25) is 4.79 Å². The molecular weight excluding hydrogens is 362 g/mol. The molecule has 9 heteroatoms. The molecule has 0 unspecified atom stereocenters. The molecule has 0 atom stereocenters. The van der Waals surface area contributed by atoms with Crippen molar-refractivity contribution in [2.45, 2.75) is 43.3 Å². The minimum atomic E-state index is 0.0536. The SMILES string of the molecule is Cn1c2ccccc2n2c1nn1c(SCC(=O)NC3CCCCC3)nnc12. The molecule has 0 aliphatic heterocycles. The molecule has 1 N–H and O–H groups in total. The molecule has 0 bridgehead atoms. The van der Waals surface area contributed by atoms with Gasteiger partial charge in [0.1, 0.15) is 0 Å². The summed E-state index contributed by atoms with van der Waals surface area (Å²) in [5, 5.41) is 17.0. The first-order valence-electron chi connectivity index (χ1n) is 9.32. The Kier molecular flexibility index (Phi) is 4.04. The predicted molar refractivity (Wildman–Crippen MR) is 104 cm³/mol. The van der Waals surface area contributed by atoms with Gasteiger partial charge in [-0.15, -0.1) is 15.3 Å². The number of rotatable bonds is 4. The van der Waals surface area contributed by atoms with Gasteiger partial charge in [-0.05, 0) is 25.0 Å². The second-order valence-corrected chi connectivity index (χ2v) is 8.01. The Hall–Kier alpha value is -2.55. The molecule has 1 saturated carbocycles. The molecule has 0 spiro atoms. The number of para-hydroxylation sites is 2. The average Bonchev–Trinajstić information content (AvgIpc) is 3.33. The van der Waals surface area contributed by atoms with Gasteiger partial charge >= 0.3 is 0 Å². The summed E-state index contributed by atoms with van der Waals surface area (Å²) in [6.45, 7) is 0. The zero-order valence-corrected chi connectivity index (χ0v) is 15.9. The van der Waals surface area contributed by atoms with Gasteiger partial charge in [0.2, 0.25) is 16.8 Å². The molecule has 1 fully saturated rings. The van der Waals surface area contributed by atoms with Gasteiger partial charge in [-0.1, -0.05) is 43.2 Å². The van der Waals surface area contributed by atoms with Crippen molar-refractivity contribution in [2.75, 3.05) is 5.75 Å². The first-order chi connectivity index (χ1) is 13.2. The summed E-state index contributed by atoms with van der Waals surface area (Å²) >= 11 is 1.38. The molecule has 1 aliphatic carbocycles. The lowest BCUT2D eigenvalue weighted by atomic mass is 9.95. The molecule has 3 heterocycles. The maximum absolute atomic E-state index is 12.3. The quantitative estimate of drug-likeness (QED) is 0.547. The molecule has 1 aliphatic rings. The molecular formula is C18H21N7OS. The van der Waals surface area contributed by atoms with Crippen LogP contribution >= 0.6 is 11.8 Å². The normalized spacial score (nSPS) is 15.9. The van der Waals surface area contributed by atoms with Crippen LogP contribution in [0.25, 0.3) is 22.6 Å². The van der Waals surface area contributed by atoms with Crippen molar-refractivity contribution in [1.29, 1.82) is 0 Å². The maximum atomic E-state index is 12.3. The van der Waals surface area contributed by atoms with E-state index >= 15 is 0 Å². The van der Waals surface area contributed by atoms with E-state index in [4.69, 9.17) is 0 Å². The van der Waals surface area contributed by atoms with Crippen LogP contribution in [-0.2, 0) is 11.8 Å². The molecule has 27 heavy (non-hydrogen) atoms. The second-order valence-electron chi connectivity index (χ2n) is 7.07. The van der Waals surface area contributed by atoms with Crippen molar-refractivity contribution in [3.05, 3.63) is 24.3 Å². The average molecular weight is 383 g/mol. The minimum absolute atomic E-state index is 0.0536. The number of fused-ring (bicyclic) bond motifs is 5. The Morgan fingerprint density at radius 1 is 1.15 bits per heavy atom. The highest BCUT2D eigenvalue weighted by Gasteiger charge is 2.20. The summed E-state index contributed by atoms with van der Waals surface area (Å²) in [6.07, 6.45) is 5.87. The van der Waals surface area contributed by atoms with Crippen LogP contribution in [0.2, 0.25) is 0 Å². The van der Waals surface area contributed by atoms with Gasteiger partial charge in [0.05, 0.1) is 16.8 Å². The number of amides is 1. The number of hydrogen-bond acceptors (Lipinski definition) is 5. The highest BCUT2D eigenvalue weighted by atomic mass is 32.2. The van der Waals surface area contributed by atoms with E-state index in [2.05, 4.69) is 26.7 Å². The van der Waals surface area contributed by atoms with Gasteiger partial charge in [-0.25, -0.2) is 4.40 Å². The summed E-state index contributed by atoms with van der Waals surface area (Å²) in [5.41, 5.74) is 2.13. The van der Waals surface area contributed by atoms with Crippen molar-refractivity contribution in [1.82, 2.24) is 34.1 Å². The fourth-order valence-corrected chi connectivity index (χ4v) is 4.61. The number of carbonyl (C=O) groups excluding carboxylic acids is 1. The van der Waals surface area contributed by atoms with Gasteiger partial charge in [0, 0.05) is 13.1 Å². The van der Waals surface area contributed by atoms with Crippen LogP contribution in [0.4, 0.5) is 0 Å². The lowest BCUT2D eigenvalue weighted by Gasteiger charge is -2.22. The zero-order chi connectivity index (χ0) is 18.4. The van der Waals surface area contributed by atoms with Gasteiger partial charge in [0.25, 0.3) is 5.78 Å². The smallest absolute Gasteiger partial charge is 0.260 e. The van der Waals surface area contributed by atoms with Crippen molar-refractivity contribution in [3.8, 4) is 0 Å². The van der Waals surface area contributed by atoms with Crippen LogP contribution in [0.5, 0.6) is 0 Å². The summed E-state index contributed by atoms with van der Waals surface area (Å²) < 4.78 is 5.75. The molecule has 140 valence electrons. The summed E-state index contributed by atoms with van der Waals surface area (Å²) in [4.78, 5) is 12.3. The first-order valence-corrected chi connectivity index (χ1v) is 10.3. The van der Waals surface area contributed by atoms with Crippen molar-refractivity contribution in [2.24, 2.45) is 7.05 Å². The van der Waals surface area contributed by atoms with Crippen molar-refractivity contribution >= 4 is 40.3 Å². The third kappa shape index (κ3) is 2.77. The van der Waals surface area contributed by atoms with Crippen molar-refractivity contribution < 1.29 is 4.79 Å². The molecule has 8 nitrogen and oxygen atoms in total. The largest absolute Gasteiger partial charge is 0.353 e. The maximum Gasteiger partial charge on any atom is 0.260 e. The van der Waals surface area contributed by atoms with Crippen LogP contribution < -0.4 is 5.32 Å². The number of nitrogens with zero attached hydrogens (tertiary/aromatic N) is 6. The number of benzene rings is 1. The van der Waals surface area contributed by atoms with E-state index in [1.807, 2.05) is 34.2 Å². The lowest BCUT2D eigenvalue weighted by molar-refractivity contribution is -0.119. The van der Waals surface area contributed by atoms with Crippen LogP contribution in [0, 0.1) is 0 Å². The standard InChI is InChI=1S/C18H21N7OS/c1-23-13-9-5-6-10-14(13)24-16-20-21-18(25(16)22-17(23)24)27-11-15(26)19-12-7-3-2-4-8-12/h5-6,9-10,12H,2-4,7-8,11H2,1H3,(H,19,26). The number of aromatic nitrogens is 6. The van der Waals surface area contributed by atoms with Gasteiger partial charge in [-0.2, -0.15) is 4.52 Å². The summed E-state index contributed by atoms with van der Waals surface area (Å²) in [6, 6.07) is 8.44. The monoisotopic (exact) mass is 383 g/mol. The number of thioether (sulfide) groups is 1. The lowest BCUT2D eigenvalue weighted by Crippen LogP contribution is -2.37. The van der Waals surface area contributed by atoms with Crippen LogP contribution in [0.15, 0.2) is 29.4 Å². The van der Waals surface area contributed by atoms with Gasteiger partial charge < -0.3 is 9.88 Å². The zero-order valence-electron chi connectivity index (χ0n) is 15.1. The Balaban J connectivity index is 1.39. The molecule has 1 amide bonds. The second kappa shape index (κ2) is 6.56. The van der Waals surface area contributed by atoms with E-state index in [1.54, 1.807) is 4.52 Å². The molecule has 4 aromatic rings. The van der Waals surface area contributed by atoms with E-state index in [0.29, 0.717) is 22.7 Å². The Bertz CT molecular complexity index is 1140. The van der Waals surface area contributed by atoms with E-state index in [-0.39, 0.29) is 5.91 Å². The van der Waals surface area contributed by atoms with Crippen LogP contribution in [-0.4, -0.2) is 46.5 Å². The first kappa shape index (κ1) is 16.6. The molecule has 3 aromatic heterocycles. The molecule has 0 radical (unpaired) electrons. The Morgan fingerprint density at radius 3 is 2.74 bits per heavy atom. The predicted octanol–water partition coefficient (Wildman–Crippen LogP) is 2.41. The molecule has 0 saturated heterocycles. The highest BCUT2D eigenvalue weighted by molar-refractivity contribution is 7.99. The van der Waals surface area contributed by atoms with E-state index in [1.165, 1.54) is 31.0 Å². The Morgan fingerprint density at radius 2 is 1.93 bits per heavy atom. The van der Waals surface area contributed by atoms with Crippen LogP contribution in [0.1, 0.15) is 32.1 Å². The summed E-state index contributed by atoms with van der Waals surface area (Å²) in [5.74, 6) is 1.84. The topological polar surface area (TPSA) is 81.5 Å². The van der Waals surface area contributed by atoms with E-state index in [0.717, 1.165) is 29.7 Å². The number of nitrogens with one attached hydrogen (secondary N) is 1. The Labute approximate surface area is 159 Å².